The lowest BCUT2D eigenvalue weighted by Gasteiger charge is -2.32. The molecule has 2 aliphatic rings. The van der Waals surface area contributed by atoms with Gasteiger partial charge < -0.3 is 9.42 Å². The van der Waals surface area contributed by atoms with Crippen molar-refractivity contribution in [2.45, 2.75) is 44.8 Å². The molecule has 162 valence electrons. The third kappa shape index (κ3) is 5.00. The summed E-state index contributed by atoms with van der Waals surface area (Å²) in [6.07, 6.45) is -0.350. The van der Waals surface area contributed by atoms with Gasteiger partial charge >= 0.3 is 6.18 Å². The van der Waals surface area contributed by atoms with E-state index in [-0.39, 0.29) is 18.2 Å². The average Bonchev–Trinajstić information content (AvgIpc) is 3.40. The number of alkyl halides is 3. The molecule has 0 unspecified atom stereocenters. The fourth-order valence-electron chi connectivity index (χ4n) is 4.19. The summed E-state index contributed by atoms with van der Waals surface area (Å²) in [6, 6.07) is 5.15. The highest BCUT2D eigenvalue weighted by molar-refractivity contribution is 5.79. The first-order chi connectivity index (χ1) is 14.4. The van der Waals surface area contributed by atoms with Crippen LogP contribution in [0.3, 0.4) is 0 Å². The van der Waals surface area contributed by atoms with Crippen LogP contribution in [0.1, 0.15) is 48.5 Å². The second-order valence-corrected chi connectivity index (χ2v) is 8.06. The third-order valence-corrected chi connectivity index (χ3v) is 5.84. The second kappa shape index (κ2) is 8.75. The zero-order valence-corrected chi connectivity index (χ0v) is 16.7. The number of nitrogens with zero attached hydrogens (tertiary/aromatic N) is 4. The van der Waals surface area contributed by atoms with E-state index in [0.717, 1.165) is 64.0 Å². The number of benzene rings is 1. The first-order valence-electron chi connectivity index (χ1n) is 10.4. The fraction of sp³-hybridized carbons (Fsp3) is 0.571. The monoisotopic (exact) mass is 422 g/mol. The van der Waals surface area contributed by atoms with Crippen LogP contribution in [-0.2, 0) is 23.9 Å². The van der Waals surface area contributed by atoms with Crippen molar-refractivity contribution in [1.29, 1.82) is 0 Å². The Morgan fingerprint density at radius 3 is 2.57 bits per heavy atom. The van der Waals surface area contributed by atoms with Crippen LogP contribution < -0.4 is 0 Å². The number of piperidine rings is 1. The highest BCUT2D eigenvalue weighted by Gasteiger charge is 2.31. The maximum absolute atomic E-state index is 12.9. The first-order valence-corrected chi connectivity index (χ1v) is 10.4. The van der Waals surface area contributed by atoms with E-state index >= 15 is 0 Å². The van der Waals surface area contributed by atoms with Gasteiger partial charge in [-0.25, -0.2) is 0 Å². The molecule has 0 spiro atoms. The Hall–Kier alpha value is -2.42. The Labute approximate surface area is 173 Å². The summed E-state index contributed by atoms with van der Waals surface area (Å²) in [5.41, 5.74) is -0.200. The van der Waals surface area contributed by atoms with Gasteiger partial charge in [-0.2, -0.15) is 18.2 Å². The molecule has 1 amide bonds. The van der Waals surface area contributed by atoms with Crippen molar-refractivity contribution >= 4 is 5.91 Å². The van der Waals surface area contributed by atoms with Gasteiger partial charge in [-0.1, -0.05) is 23.4 Å². The van der Waals surface area contributed by atoms with Crippen molar-refractivity contribution in [3.8, 4) is 0 Å². The lowest BCUT2D eigenvalue weighted by atomic mass is 9.95. The molecule has 1 aromatic carbocycles. The number of halogens is 3. The summed E-state index contributed by atoms with van der Waals surface area (Å²) >= 11 is 0. The van der Waals surface area contributed by atoms with E-state index in [1.54, 1.807) is 6.07 Å². The minimum absolute atomic E-state index is 0.0958. The van der Waals surface area contributed by atoms with E-state index in [2.05, 4.69) is 15.0 Å². The predicted molar refractivity (Wildman–Crippen MR) is 102 cm³/mol. The molecule has 6 nitrogen and oxygen atoms in total. The van der Waals surface area contributed by atoms with Gasteiger partial charge in [0.15, 0.2) is 5.82 Å². The van der Waals surface area contributed by atoms with Crippen molar-refractivity contribution in [3.05, 3.63) is 47.1 Å². The van der Waals surface area contributed by atoms with Crippen molar-refractivity contribution < 1.29 is 22.5 Å². The van der Waals surface area contributed by atoms with Gasteiger partial charge in [-0.3, -0.25) is 9.69 Å². The molecular weight excluding hydrogens is 397 g/mol. The average molecular weight is 422 g/mol. The lowest BCUT2D eigenvalue weighted by Crippen LogP contribution is -2.41. The van der Waals surface area contributed by atoms with Gasteiger partial charge in [0.05, 0.1) is 12.1 Å². The zero-order valence-electron chi connectivity index (χ0n) is 16.7. The van der Waals surface area contributed by atoms with Gasteiger partial charge in [0.25, 0.3) is 0 Å². The quantitative estimate of drug-likeness (QED) is 0.738. The summed E-state index contributed by atoms with van der Waals surface area (Å²) in [5.74, 6) is 1.19. The van der Waals surface area contributed by atoms with Crippen LogP contribution in [0.5, 0.6) is 0 Å². The number of amides is 1. The third-order valence-electron chi connectivity index (χ3n) is 5.84. The number of rotatable bonds is 5. The summed E-state index contributed by atoms with van der Waals surface area (Å²) in [5, 5.41) is 3.91. The number of aromatic nitrogens is 2. The molecule has 30 heavy (non-hydrogen) atoms. The van der Waals surface area contributed by atoms with Crippen molar-refractivity contribution in [3.63, 3.8) is 0 Å². The Kier molecular flexibility index (Phi) is 6.08. The molecule has 0 atom stereocenters. The van der Waals surface area contributed by atoms with Gasteiger partial charge in [0.1, 0.15) is 0 Å². The Bertz CT molecular complexity index is 869. The summed E-state index contributed by atoms with van der Waals surface area (Å²) < 4.78 is 43.9. The Balaban J connectivity index is 1.29. The normalized spacial score (nSPS) is 18.8. The SMILES string of the molecule is O=C(C1CCN(Cc2nc(Cc3cccc(C(F)(F)F)c3)no2)CC1)N1CCCC1. The van der Waals surface area contributed by atoms with Crippen LogP contribution in [0.4, 0.5) is 13.2 Å². The molecular formula is C21H25F3N4O2. The number of carbonyl (C=O) groups excluding carboxylic acids is 1. The van der Waals surface area contributed by atoms with Crippen LogP contribution in [0, 0.1) is 5.92 Å². The number of hydrogen-bond acceptors (Lipinski definition) is 5. The molecule has 2 fully saturated rings. The molecule has 2 aromatic rings. The van der Waals surface area contributed by atoms with Crippen molar-refractivity contribution in [2.24, 2.45) is 5.92 Å². The van der Waals surface area contributed by atoms with Gasteiger partial charge in [-0.05, 0) is 50.4 Å². The largest absolute Gasteiger partial charge is 0.416 e. The minimum atomic E-state index is -4.37. The van der Waals surface area contributed by atoms with Crippen LogP contribution in [0.2, 0.25) is 0 Å². The molecule has 9 heteroatoms. The van der Waals surface area contributed by atoms with Crippen molar-refractivity contribution in [1.82, 2.24) is 19.9 Å². The minimum Gasteiger partial charge on any atom is -0.342 e. The Morgan fingerprint density at radius 2 is 1.87 bits per heavy atom. The van der Waals surface area contributed by atoms with E-state index < -0.39 is 11.7 Å². The van der Waals surface area contributed by atoms with Gasteiger partial charge in [-0.15, -0.1) is 0 Å². The highest BCUT2D eigenvalue weighted by atomic mass is 19.4. The summed E-state index contributed by atoms with van der Waals surface area (Å²) in [4.78, 5) is 21.0. The number of hydrogen-bond donors (Lipinski definition) is 0. The maximum Gasteiger partial charge on any atom is 0.416 e. The van der Waals surface area contributed by atoms with E-state index in [9.17, 15) is 18.0 Å². The summed E-state index contributed by atoms with van der Waals surface area (Å²) in [7, 11) is 0. The molecule has 1 aromatic heterocycles. The fourth-order valence-corrected chi connectivity index (χ4v) is 4.19. The van der Waals surface area contributed by atoms with E-state index in [4.69, 9.17) is 4.52 Å². The Morgan fingerprint density at radius 1 is 1.13 bits per heavy atom. The van der Waals surface area contributed by atoms with E-state index in [0.29, 0.717) is 23.8 Å². The zero-order chi connectivity index (χ0) is 21.1. The topological polar surface area (TPSA) is 62.5 Å². The van der Waals surface area contributed by atoms with Gasteiger partial charge in [0.2, 0.25) is 11.8 Å². The van der Waals surface area contributed by atoms with E-state index in [1.807, 2.05) is 4.90 Å². The molecule has 0 radical (unpaired) electrons. The molecule has 0 N–H and O–H groups in total. The smallest absolute Gasteiger partial charge is 0.342 e. The number of likely N-dealkylation sites (tertiary alicyclic amines) is 2. The summed E-state index contributed by atoms with van der Waals surface area (Å²) in [6.45, 7) is 3.83. The van der Waals surface area contributed by atoms with Crippen LogP contribution >= 0.6 is 0 Å². The standard InChI is InChI=1S/C21H25F3N4O2/c22-21(23,24)17-5-3-4-15(12-17)13-18-25-19(30-26-18)14-27-10-6-16(7-11-27)20(29)28-8-1-2-9-28/h3-5,12,16H,1-2,6-11,13-14H2. The van der Waals surface area contributed by atoms with Crippen molar-refractivity contribution in [2.75, 3.05) is 26.2 Å². The maximum atomic E-state index is 12.9. The predicted octanol–water partition coefficient (Wildman–Crippen LogP) is 3.51. The van der Waals surface area contributed by atoms with Crippen LogP contribution in [-0.4, -0.2) is 52.0 Å². The van der Waals surface area contributed by atoms with E-state index in [1.165, 1.54) is 6.07 Å². The van der Waals surface area contributed by atoms with Crippen LogP contribution in [0.25, 0.3) is 0 Å². The molecule has 0 saturated carbocycles. The molecule has 3 heterocycles. The highest BCUT2D eigenvalue weighted by Crippen LogP contribution is 2.30. The molecule has 2 aliphatic heterocycles. The molecule has 0 bridgehead atoms. The lowest BCUT2D eigenvalue weighted by molar-refractivity contribution is -0.138. The second-order valence-electron chi connectivity index (χ2n) is 8.06. The molecule has 4 rings (SSSR count). The number of carbonyl (C=O) groups is 1. The van der Waals surface area contributed by atoms with Gasteiger partial charge in [0, 0.05) is 25.4 Å². The first kappa shape index (κ1) is 20.8. The molecule has 0 aliphatic carbocycles. The van der Waals surface area contributed by atoms with Crippen LogP contribution in [0.15, 0.2) is 28.8 Å². The molecule has 2 saturated heterocycles.